The third-order valence-corrected chi connectivity index (χ3v) is 2.94. The summed E-state index contributed by atoms with van der Waals surface area (Å²) in [5.74, 6) is 1.06. The van der Waals surface area contributed by atoms with Crippen molar-refractivity contribution in [3.63, 3.8) is 0 Å². The van der Waals surface area contributed by atoms with Crippen LogP contribution in [0.1, 0.15) is 5.76 Å². The van der Waals surface area contributed by atoms with Gasteiger partial charge in [-0.1, -0.05) is 0 Å². The van der Waals surface area contributed by atoms with E-state index < -0.39 is 0 Å². The monoisotopic (exact) mass is 223 g/mol. The molecule has 1 aromatic rings. The Morgan fingerprint density at radius 2 is 2.19 bits per heavy atom. The van der Waals surface area contributed by atoms with E-state index in [1.54, 1.807) is 6.26 Å². The van der Waals surface area contributed by atoms with Crippen LogP contribution in [0.15, 0.2) is 22.8 Å². The Bertz CT molecular complexity index is 268. The zero-order valence-corrected chi connectivity index (χ0v) is 9.74. The van der Waals surface area contributed by atoms with Gasteiger partial charge in [0.1, 0.15) is 5.76 Å². The van der Waals surface area contributed by atoms with Crippen LogP contribution in [0.25, 0.3) is 0 Å². The third kappa shape index (κ3) is 3.96. The number of hydrogen-bond donors (Lipinski definition) is 2. The molecule has 1 aromatic heterocycles. The fourth-order valence-electron chi connectivity index (χ4n) is 1.96. The maximum Gasteiger partial charge on any atom is 0.105 e. The predicted octanol–water partition coefficient (Wildman–Crippen LogP) is 0.317. The molecule has 0 atom stereocenters. The lowest BCUT2D eigenvalue weighted by atomic mass is 10.3. The van der Waals surface area contributed by atoms with Gasteiger partial charge in [-0.05, 0) is 12.1 Å². The molecule has 2 heterocycles. The van der Waals surface area contributed by atoms with E-state index in [0.717, 1.165) is 44.9 Å². The molecular weight excluding hydrogens is 202 g/mol. The van der Waals surface area contributed by atoms with Crippen LogP contribution in [0, 0.1) is 0 Å². The molecule has 1 aliphatic rings. The molecule has 0 amide bonds. The standard InChI is InChI=1S/C12H21N3O/c1-2-12(16-11-1)3-4-13-5-8-15-9-6-14-7-10-15/h1-2,11,13-14H,3-10H2. The molecule has 90 valence electrons. The van der Waals surface area contributed by atoms with Crippen LogP contribution in [0.5, 0.6) is 0 Å². The summed E-state index contributed by atoms with van der Waals surface area (Å²) in [5.41, 5.74) is 0. The Labute approximate surface area is 97.0 Å². The number of nitrogens with one attached hydrogen (secondary N) is 2. The number of hydrogen-bond acceptors (Lipinski definition) is 4. The number of nitrogens with zero attached hydrogens (tertiary/aromatic N) is 1. The molecule has 0 unspecified atom stereocenters. The van der Waals surface area contributed by atoms with Crippen LogP contribution >= 0.6 is 0 Å². The summed E-state index contributed by atoms with van der Waals surface area (Å²) in [7, 11) is 0. The van der Waals surface area contributed by atoms with Gasteiger partial charge >= 0.3 is 0 Å². The van der Waals surface area contributed by atoms with Crippen molar-refractivity contribution in [1.29, 1.82) is 0 Å². The normalized spacial score (nSPS) is 17.8. The summed E-state index contributed by atoms with van der Waals surface area (Å²) >= 11 is 0. The van der Waals surface area contributed by atoms with Crippen molar-refractivity contribution < 1.29 is 4.42 Å². The molecule has 4 heteroatoms. The van der Waals surface area contributed by atoms with Gasteiger partial charge in [-0.25, -0.2) is 0 Å². The zero-order valence-electron chi connectivity index (χ0n) is 9.74. The highest BCUT2D eigenvalue weighted by atomic mass is 16.3. The van der Waals surface area contributed by atoms with E-state index >= 15 is 0 Å². The zero-order chi connectivity index (χ0) is 11.1. The first-order valence-electron chi connectivity index (χ1n) is 6.11. The number of rotatable bonds is 6. The lowest BCUT2D eigenvalue weighted by molar-refractivity contribution is 0.241. The minimum Gasteiger partial charge on any atom is -0.469 e. The molecule has 1 aliphatic heterocycles. The Hall–Kier alpha value is -0.840. The average molecular weight is 223 g/mol. The minimum atomic E-state index is 0.981. The first kappa shape index (κ1) is 11.6. The van der Waals surface area contributed by atoms with Crippen LogP contribution in [0.2, 0.25) is 0 Å². The van der Waals surface area contributed by atoms with E-state index in [4.69, 9.17) is 4.42 Å². The number of furan rings is 1. The van der Waals surface area contributed by atoms with Gasteiger partial charge in [-0.15, -0.1) is 0 Å². The highest BCUT2D eigenvalue weighted by Gasteiger charge is 2.07. The predicted molar refractivity (Wildman–Crippen MR) is 64.6 cm³/mol. The summed E-state index contributed by atoms with van der Waals surface area (Å²) in [6.07, 6.45) is 2.71. The van der Waals surface area contributed by atoms with Crippen molar-refractivity contribution >= 4 is 0 Å². The van der Waals surface area contributed by atoms with Crippen LogP contribution in [0.4, 0.5) is 0 Å². The van der Waals surface area contributed by atoms with E-state index in [1.807, 2.05) is 12.1 Å². The second-order valence-electron chi connectivity index (χ2n) is 4.17. The van der Waals surface area contributed by atoms with Gasteiger partial charge < -0.3 is 15.1 Å². The first-order chi connectivity index (χ1) is 7.95. The van der Waals surface area contributed by atoms with Crippen molar-refractivity contribution in [2.75, 3.05) is 45.8 Å². The molecule has 0 radical (unpaired) electrons. The maximum absolute atomic E-state index is 5.27. The van der Waals surface area contributed by atoms with Gasteiger partial charge in [0.05, 0.1) is 6.26 Å². The Morgan fingerprint density at radius 1 is 1.31 bits per heavy atom. The molecule has 0 spiro atoms. The fraction of sp³-hybridized carbons (Fsp3) is 0.667. The van der Waals surface area contributed by atoms with E-state index in [0.29, 0.717) is 0 Å². The fourth-order valence-corrected chi connectivity index (χ4v) is 1.96. The van der Waals surface area contributed by atoms with Gasteiger partial charge in [-0.2, -0.15) is 0 Å². The lowest BCUT2D eigenvalue weighted by Gasteiger charge is -2.27. The topological polar surface area (TPSA) is 40.4 Å². The Morgan fingerprint density at radius 3 is 2.94 bits per heavy atom. The highest BCUT2D eigenvalue weighted by Crippen LogP contribution is 1.99. The molecule has 0 aliphatic carbocycles. The van der Waals surface area contributed by atoms with Gasteiger partial charge in [0.15, 0.2) is 0 Å². The Balaban J connectivity index is 1.48. The van der Waals surface area contributed by atoms with Crippen molar-refractivity contribution in [3.8, 4) is 0 Å². The largest absolute Gasteiger partial charge is 0.469 e. The van der Waals surface area contributed by atoms with Crippen LogP contribution in [-0.2, 0) is 6.42 Å². The molecule has 2 N–H and O–H groups in total. The van der Waals surface area contributed by atoms with Crippen molar-refractivity contribution in [3.05, 3.63) is 24.2 Å². The van der Waals surface area contributed by atoms with Crippen LogP contribution in [0.3, 0.4) is 0 Å². The summed E-state index contributed by atoms with van der Waals surface area (Å²) in [4.78, 5) is 2.50. The molecule has 4 nitrogen and oxygen atoms in total. The van der Waals surface area contributed by atoms with Crippen molar-refractivity contribution in [2.24, 2.45) is 0 Å². The highest BCUT2D eigenvalue weighted by molar-refractivity contribution is 4.98. The van der Waals surface area contributed by atoms with E-state index in [-0.39, 0.29) is 0 Å². The minimum absolute atomic E-state index is 0.981. The summed E-state index contributed by atoms with van der Waals surface area (Å²) in [5, 5.41) is 6.81. The molecule has 16 heavy (non-hydrogen) atoms. The van der Waals surface area contributed by atoms with Gasteiger partial charge in [-0.3, -0.25) is 4.90 Å². The van der Waals surface area contributed by atoms with E-state index in [2.05, 4.69) is 15.5 Å². The smallest absolute Gasteiger partial charge is 0.105 e. The second-order valence-corrected chi connectivity index (χ2v) is 4.17. The quantitative estimate of drug-likeness (QED) is 0.681. The van der Waals surface area contributed by atoms with Gasteiger partial charge in [0.2, 0.25) is 0 Å². The molecule has 0 saturated carbocycles. The van der Waals surface area contributed by atoms with E-state index in [9.17, 15) is 0 Å². The van der Waals surface area contributed by atoms with Crippen LogP contribution in [-0.4, -0.2) is 50.7 Å². The first-order valence-corrected chi connectivity index (χ1v) is 6.11. The molecule has 0 aromatic carbocycles. The molecule has 1 saturated heterocycles. The molecule has 1 fully saturated rings. The summed E-state index contributed by atoms with van der Waals surface area (Å²) in [6.45, 7) is 7.85. The SMILES string of the molecule is c1coc(CCNCCN2CCNCC2)c1. The number of piperazine rings is 1. The molecule has 2 rings (SSSR count). The average Bonchev–Trinajstić information content (AvgIpc) is 2.83. The maximum atomic E-state index is 5.27. The van der Waals surface area contributed by atoms with Crippen molar-refractivity contribution in [1.82, 2.24) is 15.5 Å². The summed E-state index contributed by atoms with van der Waals surface area (Å²) < 4.78 is 5.27. The molecule has 0 bridgehead atoms. The lowest BCUT2D eigenvalue weighted by Crippen LogP contribution is -2.45. The second kappa shape index (κ2) is 6.68. The summed E-state index contributed by atoms with van der Waals surface area (Å²) in [6, 6.07) is 3.97. The van der Waals surface area contributed by atoms with Crippen LogP contribution < -0.4 is 10.6 Å². The van der Waals surface area contributed by atoms with Gasteiger partial charge in [0.25, 0.3) is 0 Å². The van der Waals surface area contributed by atoms with Gasteiger partial charge in [0, 0.05) is 52.2 Å². The Kier molecular flexibility index (Phi) is 4.86. The molecular formula is C12H21N3O. The third-order valence-electron chi connectivity index (χ3n) is 2.94. The van der Waals surface area contributed by atoms with Crippen molar-refractivity contribution in [2.45, 2.75) is 6.42 Å². The van der Waals surface area contributed by atoms with E-state index in [1.165, 1.54) is 13.1 Å².